The van der Waals surface area contributed by atoms with E-state index in [9.17, 15) is 9.90 Å². The summed E-state index contributed by atoms with van der Waals surface area (Å²) < 4.78 is 0. The van der Waals surface area contributed by atoms with E-state index in [0.717, 1.165) is 32.1 Å². The molecule has 0 bridgehead atoms. The van der Waals surface area contributed by atoms with Crippen molar-refractivity contribution in [1.82, 2.24) is 4.90 Å². The van der Waals surface area contributed by atoms with Crippen molar-refractivity contribution >= 4 is 5.91 Å². The number of likely N-dealkylation sites (N-methyl/N-ethyl adjacent to an activating group) is 1. The molecule has 0 aliphatic heterocycles. The largest absolute Gasteiger partial charge is 0.391 e. The molecule has 1 amide bonds. The third-order valence-electron chi connectivity index (χ3n) is 3.84. The summed E-state index contributed by atoms with van der Waals surface area (Å²) in [5.41, 5.74) is 5.53. The Morgan fingerprint density at radius 1 is 1.47 bits per heavy atom. The lowest BCUT2D eigenvalue weighted by Crippen LogP contribution is -2.46. The second-order valence-electron chi connectivity index (χ2n) is 5.30. The number of carbonyl (C=O) groups is 1. The smallest absolute Gasteiger partial charge is 0.222 e. The van der Waals surface area contributed by atoms with Crippen LogP contribution in [-0.2, 0) is 4.79 Å². The number of nitrogens with zero attached hydrogens (tertiary/aromatic N) is 1. The molecule has 1 aliphatic carbocycles. The number of rotatable bonds is 5. The second kappa shape index (κ2) is 6.97. The first kappa shape index (κ1) is 14.5. The molecule has 1 saturated carbocycles. The van der Waals surface area contributed by atoms with Gasteiger partial charge in [-0.25, -0.2) is 0 Å². The van der Waals surface area contributed by atoms with E-state index >= 15 is 0 Å². The average Bonchev–Trinajstić information content (AvgIpc) is 2.35. The summed E-state index contributed by atoms with van der Waals surface area (Å²) in [6, 6.07) is 0.0180. The Morgan fingerprint density at radius 2 is 2.12 bits per heavy atom. The summed E-state index contributed by atoms with van der Waals surface area (Å²) in [6.07, 6.45) is 4.96. The molecule has 17 heavy (non-hydrogen) atoms. The predicted octanol–water partition coefficient (Wildman–Crippen LogP) is 1.12. The summed E-state index contributed by atoms with van der Waals surface area (Å²) in [5, 5.41) is 9.90. The van der Waals surface area contributed by atoms with Crippen LogP contribution in [0.3, 0.4) is 0 Å². The van der Waals surface area contributed by atoms with Gasteiger partial charge >= 0.3 is 0 Å². The number of hydrogen-bond donors (Lipinski definition) is 2. The van der Waals surface area contributed by atoms with Crippen molar-refractivity contribution in [1.29, 1.82) is 0 Å². The highest BCUT2D eigenvalue weighted by molar-refractivity contribution is 5.76. The first-order valence-corrected chi connectivity index (χ1v) is 6.70. The predicted molar refractivity (Wildman–Crippen MR) is 68.5 cm³/mol. The molecule has 1 aliphatic rings. The molecule has 0 radical (unpaired) electrons. The highest BCUT2D eigenvalue weighted by Crippen LogP contribution is 2.23. The summed E-state index contributed by atoms with van der Waals surface area (Å²) in [6.45, 7) is 2.69. The zero-order valence-electron chi connectivity index (χ0n) is 11.1. The first-order chi connectivity index (χ1) is 8.06. The van der Waals surface area contributed by atoms with Gasteiger partial charge in [0, 0.05) is 13.5 Å². The van der Waals surface area contributed by atoms with Crippen LogP contribution < -0.4 is 5.73 Å². The maximum absolute atomic E-state index is 12.0. The van der Waals surface area contributed by atoms with Crippen LogP contribution in [0.25, 0.3) is 0 Å². The summed E-state index contributed by atoms with van der Waals surface area (Å²) in [5.74, 6) is 0.528. The Labute approximate surface area is 104 Å². The Bertz CT molecular complexity index is 246. The van der Waals surface area contributed by atoms with E-state index in [1.54, 1.807) is 4.90 Å². The van der Waals surface area contributed by atoms with Gasteiger partial charge < -0.3 is 15.7 Å². The molecule has 4 nitrogen and oxygen atoms in total. The fourth-order valence-corrected chi connectivity index (χ4v) is 2.39. The van der Waals surface area contributed by atoms with Crippen LogP contribution in [-0.4, -0.2) is 41.7 Å². The van der Waals surface area contributed by atoms with Crippen molar-refractivity contribution in [2.75, 3.05) is 13.6 Å². The van der Waals surface area contributed by atoms with Crippen molar-refractivity contribution in [3.05, 3.63) is 0 Å². The highest BCUT2D eigenvalue weighted by Gasteiger charge is 2.29. The van der Waals surface area contributed by atoms with Crippen LogP contribution in [0.5, 0.6) is 0 Å². The van der Waals surface area contributed by atoms with Gasteiger partial charge in [-0.1, -0.05) is 19.8 Å². The van der Waals surface area contributed by atoms with Crippen LogP contribution in [0.1, 0.15) is 45.4 Å². The lowest BCUT2D eigenvalue weighted by atomic mass is 9.91. The van der Waals surface area contributed by atoms with Gasteiger partial charge in [0.2, 0.25) is 5.91 Å². The van der Waals surface area contributed by atoms with Gasteiger partial charge in [-0.2, -0.15) is 0 Å². The molecule has 0 heterocycles. The monoisotopic (exact) mass is 242 g/mol. The first-order valence-electron chi connectivity index (χ1n) is 6.70. The van der Waals surface area contributed by atoms with Crippen LogP contribution >= 0.6 is 0 Å². The molecule has 0 aromatic heterocycles. The van der Waals surface area contributed by atoms with E-state index < -0.39 is 0 Å². The highest BCUT2D eigenvalue weighted by atomic mass is 16.3. The number of nitrogens with two attached hydrogens (primary N) is 1. The number of hydrogen-bond acceptors (Lipinski definition) is 3. The van der Waals surface area contributed by atoms with Gasteiger partial charge in [0.1, 0.15) is 0 Å². The van der Waals surface area contributed by atoms with E-state index in [1.165, 1.54) is 0 Å². The number of amides is 1. The van der Waals surface area contributed by atoms with Crippen LogP contribution in [0, 0.1) is 5.92 Å². The Morgan fingerprint density at radius 3 is 2.71 bits per heavy atom. The van der Waals surface area contributed by atoms with Crippen molar-refractivity contribution in [3.63, 3.8) is 0 Å². The molecule has 1 rings (SSSR count). The zero-order valence-corrected chi connectivity index (χ0v) is 11.1. The quantitative estimate of drug-likeness (QED) is 0.759. The molecule has 1 fully saturated rings. The second-order valence-corrected chi connectivity index (χ2v) is 5.30. The molecule has 0 spiro atoms. The molecule has 3 atom stereocenters. The molecule has 3 unspecified atom stereocenters. The molecule has 3 N–H and O–H groups in total. The Balaban J connectivity index is 2.39. The summed E-state index contributed by atoms with van der Waals surface area (Å²) in [4.78, 5) is 13.7. The van der Waals surface area contributed by atoms with E-state index in [4.69, 9.17) is 5.73 Å². The van der Waals surface area contributed by atoms with Gasteiger partial charge in [-0.15, -0.1) is 0 Å². The van der Waals surface area contributed by atoms with Crippen molar-refractivity contribution < 1.29 is 9.90 Å². The van der Waals surface area contributed by atoms with Crippen LogP contribution in [0.15, 0.2) is 0 Å². The Hall–Kier alpha value is -0.610. The van der Waals surface area contributed by atoms with Gasteiger partial charge in [-0.05, 0) is 31.7 Å². The van der Waals surface area contributed by atoms with Gasteiger partial charge in [-0.3, -0.25) is 4.79 Å². The molecule has 0 saturated heterocycles. The molecular weight excluding hydrogens is 216 g/mol. The Kier molecular flexibility index (Phi) is 5.92. The minimum Gasteiger partial charge on any atom is -0.391 e. The van der Waals surface area contributed by atoms with Crippen molar-refractivity contribution in [2.24, 2.45) is 11.7 Å². The van der Waals surface area contributed by atoms with Crippen molar-refractivity contribution in [3.8, 4) is 0 Å². The van der Waals surface area contributed by atoms with Gasteiger partial charge in [0.25, 0.3) is 0 Å². The molecule has 100 valence electrons. The number of aliphatic hydroxyl groups excluding tert-OH is 1. The molecule has 0 aromatic carbocycles. The van der Waals surface area contributed by atoms with E-state index in [0.29, 0.717) is 18.9 Å². The maximum Gasteiger partial charge on any atom is 0.222 e. The molecule has 0 aromatic rings. The lowest BCUT2D eigenvalue weighted by molar-refractivity contribution is -0.135. The molecular formula is C13H26N2O2. The lowest BCUT2D eigenvalue weighted by Gasteiger charge is -2.35. The molecule has 4 heteroatoms. The van der Waals surface area contributed by atoms with Crippen LogP contribution in [0.2, 0.25) is 0 Å². The van der Waals surface area contributed by atoms with Crippen LogP contribution in [0.4, 0.5) is 0 Å². The summed E-state index contributed by atoms with van der Waals surface area (Å²) in [7, 11) is 1.81. The van der Waals surface area contributed by atoms with E-state index in [1.807, 2.05) is 7.05 Å². The SMILES string of the molecule is CC(CN)CCC(=O)N(C)C1CCCCC1O. The zero-order chi connectivity index (χ0) is 12.8. The third-order valence-corrected chi connectivity index (χ3v) is 3.84. The normalized spacial score (nSPS) is 26.6. The summed E-state index contributed by atoms with van der Waals surface area (Å²) >= 11 is 0. The van der Waals surface area contributed by atoms with E-state index in [2.05, 4.69) is 6.92 Å². The third kappa shape index (κ3) is 4.28. The van der Waals surface area contributed by atoms with Gasteiger partial charge in [0.05, 0.1) is 12.1 Å². The number of aliphatic hydroxyl groups is 1. The van der Waals surface area contributed by atoms with E-state index in [-0.39, 0.29) is 18.1 Å². The number of carbonyl (C=O) groups excluding carboxylic acids is 1. The fourth-order valence-electron chi connectivity index (χ4n) is 2.39. The average molecular weight is 242 g/mol. The minimum atomic E-state index is -0.343. The maximum atomic E-state index is 12.0. The van der Waals surface area contributed by atoms with Crippen molar-refractivity contribution in [2.45, 2.75) is 57.6 Å². The minimum absolute atomic E-state index is 0.0180. The topological polar surface area (TPSA) is 66.6 Å². The fraction of sp³-hybridized carbons (Fsp3) is 0.923. The standard InChI is InChI=1S/C13H26N2O2/c1-10(9-14)7-8-13(17)15(2)11-5-3-4-6-12(11)16/h10-12,16H,3-9,14H2,1-2H3. The van der Waals surface area contributed by atoms with Gasteiger partial charge in [0.15, 0.2) is 0 Å².